The maximum Gasteiger partial charge on any atom is 0.308 e. The van der Waals surface area contributed by atoms with E-state index in [0.717, 1.165) is 12.0 Å². The van der Waals surface area contributed by atoms with E-state index in [0.29, 0.717) is 12.2 Å². The van der Waals surface area contributed by atoms with Gasteiger partial charge in [0.1, 0.15) is 5.75 Å². The van der Waals surface area contributed by atoms with E-state index < -0.39 is 5.97 Å². The lowest BCUT2D eigenvalue weighted by atomic mass is 9.70. The fourth-order valence-corrected chi connectivity index (χ4v) is 3.31. The molecule has 0 unspecified atom stereocenters. The topological polar surface area (TPSA) is 63.6 Å². The van der Waals surface area contributed by atoms with Crippen LogP contribution in [-0.2, 0) is 9.59 Å². The van der Waals surface area contributed by atoms with Gasteiger partial charge in [0.05, 0.1) is 5.92 Å². The first kappa shape index (κ1) is 16.3. The Morgan fingerprint density at radius 2 is 1.91 bits per heavy atom. The zero-order chi connectivity index (χ0) is 16.3. The van der Waals surface area contributed by atoms with Crippen molar-refractivity contribution >= 4 is 17.5 Å². The summed E-state index contributed by atoms with van der Waals surface area (Å²) < 4.78 is 5.04. The molecule has 4 heteroatoms. The fourth-order valence-electron chi connectivity index (χ4n) is 3.31. The molecule has 0 aliphatic heterocycles. The second kappa shape index (κ2) is 6.77. The molecule has 0 heterocycles. The van der Waals surface area contributed by atoms with Gasteiger partial charge in [-0.3, -0.25) is 9.59 Å². The number of hydrogen-bond donors (Lipinski definition) is 1. The number of esters is 1. The zero-order valence-corrected chi connectivity index (χ0v) is 13.2. The van der Waals surface area contributed by atoms with Gasteiger partial charge in [0.15, 0.2) is 0 Å². The number of rotatable bonds is 4. The first-order valence-corrected chi connectivity index (χ1v) is 7.65. The van der Waals surface area contributed by atoms with E-state index in [-0.39, 0.29) is 23.7 Å². The van der Waals surface area contributed by atoms with Gasteiger partial charge in [-0.05, 0) is 47.9 Å². The van der Waals surface area contributed by atoms with Crippen LogP contribution in [-0.4, -0.2) is 17.0 Å². The number of ether oxygens (including phenoxy) is 1. The van der Waals surface area contributed by atoms with Crippen molar-refractivity contribution in [1.82, 2.24) is 0 Å². The molecule has 0 radical (unpaired) electrons. The van der Waals surface area contributed by atoms with E-state index in [9.17, 15) is 14.7 Å². The van der Waals surface area contributed by atoms with Crippen LogP contribution in [0.2, 0.25) is 0 Å². The molecule has 2 rings (SSSR count). The molecular weight excluding hydrogens is 280 g/mol. The maximum absolute atomic E-state index is 11.3. The van der Waals surface area contributed by atoms with Crippen LogP contribution < -0.4 is 4.74 Å². The Morgan fingerprint density at radius 1 is 1.27 bits per heavy atom. The van der Waals surface area contributed by atoms with Gasteiger partial charge in [-0.15, -0.1) is 0 Å². The molecular formula is C18H22O4. The standard InChI is InChI=1S/C18H22O4/c1-4-15-11(2)16(18(20)21)9-10-17(15)13-5-7-14(8-6-13)22-12(3)19/h5-8,10-11,15-16H,4,9H2,1-3H3,(H,20,21)/t11-,15-,16+/m0/s1. The third-order valence-corrected chi connectivity index (χ3v) is 4.47. The zero-order valence-electron chi connectivity index (χ0n) is 13.2. The minimum absolute atomic E-state index is 0.107. The van der Waals surface area contributed by atoms with Crippen LogP contribution in [0.3, 0.4) is 0 Å². The number of carboxylic acids is 1. The Kier molecular flexibility index (Phi) is 5.01. The van der Waals surface area contributed by atoms with Gasteiger partial charge in [0, 0.05) is 6.92 Å². The predicted molar refractivity (Wildman–Crippen MR) is 84.4 cm³/mol. The summed E-state index contributed by atoms with van der Waals surface area (Å²) in [4.78, 5) is 22.3. The van der Waals surface area contributed by atoms with Crippen molar-refractivity contribution < 1.29 is 19.4 Å². The third kappa shape index (κ3) is 3.38. The van der Waals surface area contributed by atoms with Crippen molar-refractivity contribution in [3.05, 3.63) is 35.9 Å². The van der Waals surface area contributed by atoms with Crippen molar-refractivity contribution in [3.8, 4) is 5.75 Å². The van der Waals surface area contributed by atoms with Crippen molar-refractivity contribution in [2.75, 3.05) is 0 Å². The average molecular weight is 302 g/mol. The van der Waals surface area contributed by atoms with Crippen LogP contribution in [0, 0.1) is 17.8 Å². The normalized spacial score (nSPS) is 24.5. The lowest BCUT2D eigenvalue weighted by molar-refractivity contribution is -0.144. The van der Waals surface area contributed by atoms with E-state index in [4.69, 9.17) is 4.74 Å². The molecule has 0 saturated carbocycles. The molecule has 0 spiro atoms. The number of hydrogen-bond acceptors (Lipinski definition) is 3. The Labute approximate surface area is 130 Å². The van der Waals surface area contributed by atoms with Gasteiger partial charge in [-0.2, -0.15) is 0 Å². The second-order valence-corrected chi connectivity index (χ2v) is 5.83. The summed E-state index contributed by atoms with van der Waals surface area (Å²) >= 11 is 0. The highest BCUT2D eigenvalue weighted by Crippen LogP contribution is 2.41. The average Bonchev–Trinajstić information content (AvgIpc) is 2.46. The molecule has 3 atom stereocenters. The largest absolute Gasteiger partial charge is 0.481 e. The highest BCUT2D eigenvalue weighted by molar-refractivity contribution is 5.76. The molecule has 22 heavy (non-hydrogen) atoms. The molecule has 0 aromatic heterocycles. The van der Waals surface area contributed by atoms with Gasteiger partial charge >= 0.3 is 11.9 Å². The molecule has 4 nitrogen and oxygen atoms in total. The van der Waals surface area contributed by atoms with Crippen molar-refractivity contribution in [2.45, 2.75) is 33.6 Å². The molecule has 1 N–H and O–H groups in total. The van der Waals surface area contributed by atoms with Crippen LogP contribution in [0.1, 0.15) is 39.2 Å². The number of carbonyl (C=O) groups excluding carboxylic acids is 1. The Bertz CT molecular complexity index is 586. The summed E-state index contributed by atoms with van der Waals surface area (Å²) in [7, 11) is 0. The first-order valence-electron chi connectivity index (χ1n) is 7.65. The number of benzene rings is 1. The summed E-state index contributed by atoms with van der Waals surface area (Å²) in [6.45, 7) is 5.48. The molecule has 0 amide bonds. The highest BCUT2D eigenvalue weighted by Gasteiger charge is 2.35. The third-order valence-electron chi connectivity index (χ3n) is 4.47. The summed E-state index contributed by atoms with van der Waals surface area (Å²) in [6.07, 6.45) is 3.52. The molecule has 1 aliphatic carbocycles. The van der Waals surface area contributed by atoms with Gasteiger partial charge < -0.3 is 9.84 Å². The van der Waals surface area contributed by atoms with Gasteiger partial charge in [0.25, 0.3) is 0 Å². The molecule has 118 valence electrons. The van der Waals surface area contributed by atoms with E-state index >= 15 is 0 Å². The smallest absolute Gasteiger partial charge is 0.308 e. The van der Waals surface area contributed by atoms with E-state index in [1.54, 1.807) is 12.1 Å². The van der Waals surface area contributed by atoms with Crippen LogP contribution in [0.5, 0.6) is 5.75 Å². The number of allylic oxidation sites excluding steroid dienone is 2. The second-order valence-electron chi connectivity index (χ2n) is 5.83. The fraction of sp³-hybridized carbons (Fsp3) is 0.444. The van der Waals surface area contributed by atoms with Gasteiger partial charge in [0.2, 0.25) is 0 Å². The minimum Gasteiger partial charge on any atom is -0.481 e. The predicted octanol–water partition coefficient (Wildman–Crippen LogP) is 3.76. The first-order chi connectivity index (χ1) is 10.4. The molecule has 1 aromatic rings. The molecule has 0 bridgehead atoms. The molecule has 1 aromatic carbocycles. The monoisotopic (exact) mass is 302 g/mol. The van der Waals surface area contributed by atoms with E-state index in [1.807, 2.05) is 25.1 Å². The molecule has 0 saturated heterocycles. The van der Waals surface area contributed by atoms with Crippen molar-refractivity contribution in [2.24, 2.45) is 17.8 Å². The van der Waals surface area contributed by atoms with Crippen molar-refractivity contribution in [1.29, 1.82) is 0 Å². The Hall–Kier alpha value is -2.10. The van der Waals surface area contributed by atoms with Crippen LogP contribution >= 0.6 is 0 Å². The van der Waals surface area contributed by atoms with Gasteiger partial charge in [-0.25, -0.2) is 0 Å². The molecule has 1 aliphatic rings. The Balaban J connectivity index is 2.26. The minimum atomic E-state index is -0.716. The van der Waals surface area contributed by atoms with Crippen LogP contribution in [0.4, 0.5) is 0 Å². The quantitative estimate of drug-likeness (QED) is 0.679. The van der Waals surface area contributed by atoms with E-state index in [2.05, 4.69) is 6.92 Å². The number of carbonyl (C=O) groups is 2. The summed E-state index contributed by atoms with van der Waals surface area (Å²) in [6, 6.07) is 7.41. The Morgan fingerprint density at radius 3 is 2.41 bits per heavy atom. The number of aliphatic carboxylic acids is 1. The summed E-state index contributed by atoms with van der Waals surface area (Å²) in [5.41, 5.74) is 2.26. The number of carboxylic acid groups (broad SMARTS) is 1. The van der Waals surface area contributed by atoms with Crippen LogP contribution in [0.15, 0.2) is 30.3 Å². The van der Waals surface area contributed by atoms with Crippen molar-refractivity contribution in [3.63, 3.8) is 0 Å². The summed E-state index contributed by atoms with van der Waals surface area (Å²) in [5, 5.41) is 9.32. The van der Waals surface area contributed by atoms with Crippen LogP contribution in [0.25, 0.3) is 5.57 Å². The van der Waals surface area contributed by atoms with E-state index in [1.165, 1.54) is 12.5 Å². The lowest BCUT2D eigenvalue weighted by Gasteiger charge is -2.34. The van der Waals surface area contributed by atoms with Gasteiger partial charge in [-0.1, -0.05) is 32.1 Å². The maximum atomic E-state index is 11.3. The SMILES string of the molecule is CC[C@@H]1C(c2ccc(OC(C)=O)cc2)=CC[C@@H](C(=O)O)[C@H]1C. The highest BCUT2D eigenvalue weighted by atomic mass is 16.5. The summed E-state index contributed by atoms with van der Waals surface area (Å²) in [5.74, 6) is -0.503. The molecule has 0 fully saturated rings. The lowest BCUT2D eigenvalue weighted by Crippen LogP contribution is -2.30.